The molecule has 1 aromatic heterocycles. The SMILES string of the molecule is Cc1csc(C(=O)O)c1S(=O)(=O)NC(C)CN(C)C. The Kier molecular flexibility index (Phi) is 5.08. The van der Waals surface area contributed by atoms with Crippen LogP contribution in [0.2, 0.25) is 0 Å². The third kappa shape index (κ3) is 4.00. The lowest BCUT2D eigenvalue weighted by molar-refractivity contribution is 0.0698. The first kappa shape index (κ1) is 16.1. The lowest BCUT2D eigenvalue weighted by Gasteiger charge is -2.18. The number of hydrogen-bond donors (Lipinski definition) is 2. The maximum atomic E-state index is 12.2. The summed E-state index contributed by atoms with van der Waals surface area (Å²) in [6.45, 7) is 3.86. The van der Waals surface area contributed by atoms with Crippen LogP contribution in [0.4, 0.5) is 0 Å². The summed E-state index contributed by atoms with van der Waals surface area (Å²) in [5.74, 6) is -1.22. The molecular formula is C11H18N2O4S2. The molecular weight excluding hydrogens is 288 g/mol. The van der Waals surface area contributed by atoms with Crippen molar-refractivity contribution < 1.29 is 18.3 Å². The third-order valence-electron chi connectivity index (χ3n) is 2.38. The number of thiophene rings is 1. The number of likely N-dealkylation sites (N-methyl/N-ethyl adjacent to an activating group) is 1. The number of sulfonamides is 1. The molecule has 0 aliphatic heterocycles. The number of carboxylic acid groups (broad SMARTS) is 1. The summed E-state index contributed by atoms with van der Waals surface area (Å²) < 4.78 is 27.0. The van der Waals surface area contributed by atoms with Crippen molar-refractivity contribution in [3.8, 4) is 0 Å². The minimum atomic E-state index is -3.82. The second-order valence-corrected chi connectivity index (χ2v) is 7.20. The molecule has 0 saturated heterocycles. The van der Waals surface area contributed by atoms with Crippen LogP contribution in [0.15, 0.2) is 10.3 Å². The van der Waals surface area contributed by atoms with Crippen molar-refractivity contribution in [2.75, 3.05) is 20.6 Å². The number of aromatic carboxylic acids is 1. The molecule has 0 aliphatic carbocycles. The number of aryl methyl sites for hydroxylation is 1. The Morgan fingerprint density at radius 1 is 1.53 bits per heavy atom. The van der Waals surface area contributed by atoms with Gasteiger partial charge in [-0.15, -0.1) is 11.3 Å². The van der Waals surface area contributed by atoms with Crippen LogP contribution in [0.3, 0.4) is 0 Å². The van der Waals surface area contributed by atoms with Gasteiger partial charge in [-0.1, -0.05) is 0 Å². The molecule has 0 aliphatic rings. The zero-order valence-corrected chi connectivity index (χ0v) is 12.9. The maximum absolute atomic E-state index is 12.2. The number of hydrogen-bond acceptors (Lipinski definition) is 5. The number of rotatable bonds is 6. The molecule has 0 radical (unpaired) electrons. The van der Waals surface area contributed by atoms with E-state index in [1.165, 1.54) is 5.38 Å². The van der Waals surface area contributed by atoms with Gasteiger partial charge in [0.25, 0.3) is 0 Å². The highest BCUT2D eigenvalue weighted by Gasteiger charge is 2.27. The van der Waals surface area contributed by atoms with Crippen LogP contribution in [0.25, 0.3) is 0 Å². The first-order chi connectivity index (χ1) is 8.65. The fraction of sp³-hybridized carbons (Fsp3) is 0.545. The molecule has 0 bridgehead atoms. The monoisotopic (exact) mass is 306 g/mol. The van der Waals surface area contributed by atoms with E-state index in [1.54, 1.807) is 13.8 Å². The van der Waals surface area contributed by atoms with E-state index >= 15 is 0 Å². The average Bonchev–Trinajstić information content (AvgIpc) is 2.58. The first-order valence-corrected chi connectivity index (χ1v) is 8.00. The van der Waals surface area contributed by atoms with Crippen molar-refractivity contribution in [3.63, 3.8) is 0 Å². The topological polar surface area (TPSA) is 86.7 Å². The smallest absolute Gasteiger partial charge is 0.347 e. The lowest BCUT2D eigenvalue weighted by Crippen LogP contribution is -2.39. The molecule has 0 amide bonds. The first-order valence-electron chi connectivity index (χ1n) is 5.63. The zero-order valence-electron chi connectivity index (χ0n) is 11.3. The molecule has 0 aromatic carbocycles. The zero-order chi connectivity index (χ0) is 14.8. The molecule has 1 aromatic rings. The molecule has 19 heavy (non-hydrogen) atoms. The van der Waals surface area contributed by atoms with Crippen LogP contribution >= 0.6 is 11.3 Å². The van der Waals surface area contributed by atoms with Gasteiger partial charge in [0.2, 0.25) is 10.0 Å². The van der Waals surface area contributed by atoms with Gasteiger partial charge >= 0.3 is 5.97 Å². The Hall–Kier alpha value is -0.960. The summed E-state index contributed by atoms with van der Waals surface area (Å²) in [6.07, 6.45) is 0. The fourth-order valence-electron chi connectivity index (χ4n) is 1.82. The summed E-state index contributed by atoms with van der Waals surface area (Å²) in [6, 6.07) is -0.305. The molecule has 1 atom stereocenters. The number of carboxylic acids is 1. The standard InChI is InChI=1S/C11H18N2O4S2/c1-7-6-18-9(11(14)15)10(7)19(16,17)12-8(2)5-13(3)4/h6,8,12H,5H2,1-4H3,(H,14,15). The van der Waals surface area contributed by atoms with E-state index in [9.17, 15) is 13.2 Å². The second kappa shape index (κ2) is 6.00. The van der Waals surface area contributed by atoms with Crippen LogP contribution in [-0.4, -0.2) is 51.1 Å². The van der Waals surface area contributed by atoms with Gasteiger partial charge in [-0.05, 0) is 38.9 Å². The van der Waals surface area contributed by atoms with Crippen molar-refractivity contribution in [1.82, 2.24) is 9.62 Å². The van der Waals surface area contributed by atoms with Gasteiger partial charge in [-0.25, -0.2) is 17.9 Å². The highest BCUT2D eigenvalue weighted by atomic mass is 32.2. The Morgan fingerprint density at radius 3 is 2.58 bits per heavy atom. The Morgan fingerprint density at radius 2 is 2.11 bits per heavy atom. The van der Waals surface area contributed by atoms with E-state index in [4.69, 9.17) is 5.11 Å². The summed E-state index contributed by atoms with van der Waals surface area (Å²) in [7, 11) is -0.142. The van der Waals surface area contributed by atoms with E-state index < -0.39 is 16.0 Å². The minimum absolute atomic E-state index is 0.129. The predicted octanol–water partition coefficient (Wildman–Crippen LogP) is 0.983. The summed E-state index contributed by atoms with van der Waals surface area (Å²) >= 11 is 0.923. The lowest BCUT2D eigenvalue weighted by atomic mass is 10.3. The molecule has 1 rings (SSSR count). The molecule has 6 nitrogen and oxygen atoms in total. The number of carbonyl (C=O) groups is 1. The molecule has 1 heterocycles. The van der Waals surface area contributed by atoms with Crippen molar-refractivity contribution in [1.29, 1.82) is 0 Å². The summed E-state index contributed by atoms with van der Waals surface area (Å²) in [5, 5.41) is 10.6. The summed E-state index contributed by atoms with van der Waals surface area (Å²) in [5.41, 5.74) is 0.451. The summed E-state index contributed by atoms with van der Waals surface area (Å²) in [4.78, 5) is 12.6. The maximum Gasteiger partial charge on any atom is 0.347 e. The average molecular weight is 306 g/mol. The second-order valence-electron chi connectivity index (χ2n) is 4.67. The fourth-order valence-corrected chi connectivity index (χ4v) is 4.69. The molecule has 0 saturated carbocycles. The largest absolute Gasteiger partial charge is 0.477 e. The van der Waals surface area contributed by atoms with Crippen molar-refractivity contribution in [3.05, 3.63) is 15.8 Å². The highest BCUT2D eigenvalue weighted by Crippen LogP contribution is 2.26. The number of nitrogens with one attached hydrogen (secondary N) is 1. The van der Waals surface area contributed by atoms with Crippen molar-refractivity contribution in [2.24, 2.45) is 0 Å². The van der Waals surface area contributed by atoms with E-state index in [2.05, 4.69) is 4.72 Å². The van der Waals surface area contributed by atoms with E-state index in [-0.39, 0.29) is 15.8 Å². The van der Waals surface area contributed by atoms with Crippen LogP contribution in [0, 0.1) is 6.92 Å². The van der Waals surface area contributed by atoms with Gasteiger partial charge in [0.1, 0.15) is 9.77 Å². The van der Waals surface area contributed by atoms with Crippen molar-refractivity contribution >= 4 is 27.3 Å². The predicted molar refractivity (Wildman–Crippen MR) is 74.4 cm³/mol. The van der Waals surface area contributed by atoms with Crippen molar-refractivity contribution in [2.45, 2.75) is 24.8 Å². The van der Waals surface area contributed by atoms with Gasteiger partial charge in [-0.2, -0.15) is 0 Å². The van der Waals surface area contributed by atoms with Crippen LogP contribution in [-0.2, 0) is 10.0 Å². The van der Waals surface area contributed by atoms with Gasteiger partial charge in [-0.3, -0.25) is 0 Å². The van der Waals surface area contributed by atoms with E-state index in [0.29, 0.717) is 12.1 Å². The van der Waals surface area contributed by atoms with E-state index in [0.717, 1.165) is 11.3 Å². The molecule has 0 fully saturated rings. The molecule has 8 heteroatoms. The van der Waals surface area contributed by atoms with Gasteiger partial charge in [0.05, 0.1) is 0 Å². The van der Waals surface area contributed by atoms with Gasteiger partial charge < -0.3 is 10.0 Å². The molecule has 1 unspecified atom stereocenters. The van der Waals surface area contributed by atoms with Crippen LogP contribution in [0.5, 0.6) is 0 Å². The Balaban J connectivity index is 3.07. The van der Waals surface area contributed by atoms with Gasteiger partial charge in [0.15, 0.2) is 0 Å². The third-order valence-corrected chi connectivity index (χ3v) is 5.37. The molecule has 2 N–H and O–H groups in total. The van der Waals surface area contributed by atoms with E-state index in [1.807, 2.05) is 19.0 Å². The normalized spacial score (nSPS) is 13.7. The minimum Gasteiger partial charge on any atom is -0.477 e. The number of nitrogens with zero attached hydrogens (tertiary/aromatic N) is 1. The molecule has 0 spiro atoms. The van der Waals surface area contributed by atoms with Crippen LogP contribution < -0.4 is 4.72 Å². The Bertz CT molecular complexity index is 563. The quantitative estimate of drug-likeness (QED) is 0.818. The van der Waals surface area contributed by atoms with Gasteiger partial charge in [0, 0.05) is 12.6 Å². The van der Waals surface area contributed by atoms with Crippen LogP contribution in [0.1, 0.15) is 22.2 Å². The highest BCUT2D eigenvalue weighted by molar-refractivity contribution is 7.89. The Labute approximate surface area is 117 Å². The molecule has 108 valence electrons.